The Bertz CT molecular complexity index is 158. The molecule has 15 heavy (non-hydrogen) atoms. The van der Waals surface area contributed by atoms with Crippen LogP contribution in [0.2, 0.25) is 0 Å². The lowest BCUT2D eigenvalue weighted by atomic mass is 9.88. The number of nitrogens with zero attached hydrogens (tertiary/aromatic N) is 1. The Morgan fingerprint density at radius 1 is 1.13 bits per heavy atom. The van der Waals surface area contributed by atoms with Crippen molar-refractivity contribution in [2.24, 2.45) is 5.41 Å². The van der Waals surface area contributed by atoms with E-state index in [-0.39, 0.29) is 0 Å². The molecule has 0 amide bonds. The van der Waals surface area contributed by atoms with Crippen molar-refractivity contribution >= 4 is 0 Å². The molecule has 0 rings (SSSR count). The minimum atomic E-state index is 0.365. The van der Waals surface area contributed by atoms with Gasteiger partial charge in [0, 0.05) is 12.1 Å². The van der Waals surface area contributed by atoms with Gasteiger partial charge in [-0.2, -0.15) is 0 Å². The largest absolute Gasteiger partial charge is 0.314 e. The van der Waals surface area contributed by atoms with E-state index in [4.69, 9.17) is 0 Å². The summed E-state index contributed by atoms with van der Waals surface area (Å²) in [5.41, 5.74) is 0.365. The van der Waals surface area contributed by atoms with Crippen LogP contribution in [0.3, 0.4) is 0 Å². The summed E-state index contributed by atoms with van der Waals surface area (Å²) < 4.78 is 0. The predicted octanol–water partition coefficient (Wildman–Crippen LogP) is 2.74. The van der Waals surface area contributed by atoms with Crippen molar-refractivity contribution in [3.8, 4) is 0 Å². The number of hydrogen-bond donors (Lipinski definition) is 1. The van der Waals surface area contributed by atoms with Gasteiger partial charge in [-0.1, -0.05) is 20.8 Å². The summed E-state index contributed by atoms with van der Waals surface area (Å²) in [6.07, 6.45) is 1.23. The zero-order valence-electron chi connectivity index (χ0n) is 11.7. The third-order valence-corrected chi connectivity index (χ3v) is 3.32. The minimum Gasteiger partial charge on any atom is -0.314 e. The van der Waals surface area contributed by atoms with Gasteiger partial charge in [-0.25, -0.2) is 0 Å². The predicted molar refractivity (Wildman–Crippen MR) is 69.3 cm³/mol. The fourth-order valence-corrected chi connectivity index (χ4v) is 1.21. The van der Waals surface area contributed by atoms with Gasteiger partial charge >= 0.3 is 0 Å². The van der Waals surface area contributed by atoms with Gasteiger partial charge in [0.2, 0.25) is 0 Å². The second-order valence-corrected chi connectivity index (χ2v) is 5.97. The van der Waals surface area contributed by atoms with Crippen LogP contribution < -0.4 is 5.32 Å². The molecule has 1 unspecified atom stereocenters. The average Bonchev–Trinajstić information content (AvgIpc) is 2.09. The molecule has 2 nitrogen and oxygen atoms in total. The molecule has 0 aromatic carbocycles. The van der Waals surface area contributed by atoms with Crippen LogP contribution in [0.15, 0.2) is 0 Å². The van der Waals surface area contributed by atoms with Gasteiger partial charge in [0.05, 0.1) is 0 Å². The first-order valence-corrected chi connectivity index (χ1v) is 6.18. The van der Waals surface area contributed by atoms with Crippen LogP contribution in [0.25, 0.3) is 0 Å². The van der Waals surface area contributed by atoms with Crippen molar-refractivity contribution in [3.63, 3.8) is 0 Å². The average molecular weight is 214 g/mol. The second-order valence-electron chi connectivity index (χ2n) is 5.97. The lowest BCUT2D eigenvalue weighted by Crippen LogP contribution is -2.39. The molecule has 0 bridgehead atoms. The standard InChI is InChI=1S/C13H30N2/c1-11(2)15(7)10-8-9-14-12(3)13(4,5)6/h11-12,14H,8-10H2,1-7H3. The van der Waals surface area contributed by atoms with Crippen LogP contribution in [-0.4, -0.2) is 37.1 Å². The smallest absolute Gasteiger partial charge is 0.00872 e. The van der Waals surface area contributed by atoms with E-state index >= 15 is 0 Å². The van der Waals surface area contributed by atoms with Crippen LogP contribution in [0.5, 0.6) is 0 Å². The fourth-order valence-electron chi connectivity index (χ4n) is 1.21. The Kier molecular flexibility index (Phi) is 6.46. The Morgan fingerprint density at radius 2 is 1.67 bits per heavy atom. The van der Waals surface area contributed by atoms with E-state index in [1.807, 2.05) is 0 Å². The molecule has 1 atom stereocenters. The molecular weight excluding hydrogens is 184 g/mol. The molecule has 0 fully saturated rings. The molecule has 0 saturated heterocycles. The molecule has 92 valence electrons. The first-order chi connectivity index (χ1) is 6.75. The maximum Gasteiger partial charge on any atom is 0.00872 e. The highest BCUT2D eigenvalue weighted by atomic mass is 15.1. The van der Waals surface area contributed by atoms with E-state index in [2.05, 4.69) is 58.8 Å². The number of hydrogen-bond acceptors (Lipinski definition) is 2. The Hall–Kier alpha value is -0.0800. The molecule has 1 N–H and O–H groups in total. The fraction of sp³-hybridized carbons (Fsp3) is 1.00. The molecule has 0 aliphatic heterocycles. The van der Waals surface area contributed by atoms with Gasteiger partial charge < -0.3 is 10.2 Å². The maximum absolute atomic E-state index is 3.59. The number of rotatable bonds is 6. The monoisotopic (exact) mass is 214 g/mol. The van der Waals surface area contributed by atoms with Gasteiger partial charge in [0.15, 0.2) is 0 Å². The molecule has 0 aliphatic carbocycles. The summed E-state index contributed by atoms with van der Waals surface area (Å²) in [7, 11) is 2.19. The summed E-state index contributed by atoms with van der Waals surface area (Å²) in [5, 5.41) is 3.59. The van der Waals surface area contributed by atoms with E-state index in [1.54, 1.807) is 0 Å². The molecule has 0 heterocycles. The lowest BCUT2D eigenvalue weighted by Gasteiger charge is -2.29. The molecule has 2 heteroatoms. The Labute approximate surface area is 96.4 Å². The Balaban J connectivity index is 3.55. The van der Waals surface area contributed by atoms with Crippen molar-refractivity contribution in [3.05, 3.63) is 0 Å². The zero-order chi connectivity index (χ0) is 12.1. The van der Waals surface area contributed by atoms with Crippen molar-refractivity contribution in [2.75, 3.05) is 20.1 Å². The highest BCUT2D eigenvalue weighted by Crippen LogP contribution is 2.18. The van der Waals surface area contributed by atoms with Gasteiger partial charge in [-0.3, -0.25) is 0 Å². The second kappa shape index (κ2) is 6.49. The minimum absolute atomic E-state index is 0.365. The summed E-state index contributed by atoms with van der Waals surface area (Å²) in [4.78, 5) is 2.39. The lowest BCUT2D eigenvalue weighted by molar-refractivity contribution is 0.253. The van der Waals surface area contributed by atoms with Gasteiger partial charge in [-0.05, 0) is 52.7 Å². The molecule has 0 aromatic heterocycles. The van der Waals surface area contributed by atoms with Crippen LogP contribution in [0.1, 0.15) is 48.0 Å². The van der Waals surface area contributed by atoms with Crippen LogP contribution in [-0.2, 0) is 0 Å². The zero-order valence-corrected chi connectivity index (χ0v) is 11.7. The third kappa shape index (κ3) is 6.91. The molecule has 0 spiro atoms. The van der Waals surface area contributed by atoms with E-state index in [0.717, 1.165) is 6.54 Å². The normalized spacial score (nSPS) is 15.0. The van der Waals surface area contributed by atoms with E-state index in [1.165, 1.54) is 13.0 Å². The van der Waals surface area contributed by atoms with Crippen LogP contribution in [0.4, 0.5) is 0 Å². The van der Waals surface area contributed by atoms with E-state index < -0.39 is 0 Å². The van der Waals surface area contributed by atoms with Crippen LogP contribution >= 0.6 is 0 Å². The van der Waals surface area contributed by atoms with Crippen molar-refractivity contribution in [1.29, 1.82) is 0 Å². The first-order valence-electron chi connectivity index (χ1n) is 6.18. The van der Waals surface area contributed by atoms with Gasteiger partial charge in [0.1, 0.15) is 0 Å². The van der Waals surface area contributed by atoms with E-state index in [0.29, 0.717) is 17.5 Å². The first kappa shape index (κ1) is 14.9. The number of nitrogens with one attached hydrogen (secondary N) is 1. The van der Waals surface area contributed by atoms with E-state index in [9.17, 15) is 0 Å². The Morgan fingerprint density at radius 3 is 2.07 bits per heavy atom. The summed E-state index contributed by atoms with van der Waals surface area (Å²) in [5.74, 6) is 0. The molecule has 0 saturated carbocycles. The molecule has 0 aromatic rings. The quantitative estimate of drug-likeness (QED) is 0.684. The molecule has 0 radical (unpaired) electrons. The molecule has 0 aliphatic rings. The van der Waals surface area contributed by atoms with Crippen LogP contribution in [0, 0.1) is 5.41 Å². The third-order valence-electron chi connectivity index (χ3n) is 3.32. The maximum atomic E-state index is 3.59. The summed E-state index contributed by atoms with van der Waals surface area (Å²) in [6.45, 7) is 15.9. The molecular formula is C13H30N2. The SMILES string of the molecule is CC(C)N(C)CCCNC(C)C(C)(C)C. The summed E-state index contributed by atoms with van der Waals surface area (Å²) in [6, 6.07) is 1.24. The van der Waals surface area contributed by atoms with Crippen molar-refractivity contribution in [2.45, 2.75) is 60.0 Å². The highest BCUT2D eigenvalue weighted by molar-refractivity contribution is 4.75. The topological polar surface area (TPSA) is 15.3 Å². The van der Waals surface area contributed by atoms with Gasteiger partial charge in [-0.15, -0.1) is 0 Å². The van der Waals surface area contributed by atoms with Crippen molar-refractivity contribution < 1.29 is 0 Å². The van der Waals surface area contributed by atoms with Gasteiger partial charge in [0.25, 0.3) is 0 Å². The van der Waals surface area contributed by atoms with Crippen molar-refractivity contribution in [1.82, 2.24) is 10.2 Å². The summed E-state index contributed by atoms with van der Waals surface area (Å²) >= 11 is 0. The highest BCUT2D eigenvalue weighted by Gasteiger charge is 2.18.